The molecule has 1 atom stereocenters. The summed E-state index contributed by atoms with van der Waals surface area (Å²) < 4.78 is 5.52. The van der Waals surface area contributed by atoms with Gasteiger partial charge in [0.15, 0.2) is 0 Å². The molecule has 1 aliphatic heterocycles. The van der Waals surface area contributed by atoms with Gasteiger partial charge in [-0.1, -0.05) is 12.1 Å². The zero-order valence-corrected chi connectivity index (χ0v) is 12.0. The first-order chi connectivity index (χ1) is 9.61. The lowest BCUT2D eigenvalue weighted by Crippen LogP contribution is -2.40. The third-order valence-electron chi connectivity index (χ3n) is 3.40. The van der Waals surface area contributed by atoms with Crippen LogP contribution in [-0.2, 0) is 11.3 Å². The molecule has 0 aliphatic carbocycles. The molecule has 1 aromatic rings. The highest BCUT2D eigenvalue weighted by atomic mass is 16.6. The molecule has 1 fully saturated rings. The summed E-state index contributed by atoms with van der Waals surface area (Å²) in [6, 6.07) is 5.24. The Kier molecular flexibility index (Phi) is 4.92. The van der Waals surface area contributed by atoms with Crippen LogP contribution in [0.4, 0.5) is 11.4 Å². The van der Waals surface area contributed by atoms with E-state index in [-0.39, 0.29) is 16.7 Å². The molecule has 0 radical (unpaired) electrons. The van der Waals surface area contributed by atoms with Gasteiger partial charge in [-0.2, -0.15) is 0 Å². The monoisotopic (exact) mass is 279 g/mol. The maximum absolute atomic E-state index is 11.1. The predicted molar refractivity (Wildman–Crippen MR) is 78.0 cm³/mol. The van der Waals surface area contributed by atoms with Crippen molar-refractivity contribution in [2.75, 3.05) is 31.6 Å². The minimum Gasteiger partial charge on any atom is -0.380 e. The fourth-order valence-corrected chi connectivity index (χ4v) is 2.53. The topological polar surface area (TPSA) is 67.6 Å². The molecule has 0 aromatic heterocycles. The first kappa shape index (κ1) is 14.7. The van der Waals surface area contributed by atoms with Crippen molar-refractivity contribution in [1.82, 2.24) is 4.90 Å². The van der Waals surface area contributed by atoms with Crippen LogP contribution >= 0.6 is 0 Å². The molecule has 20 heavy (non-hydrogen) atoms. The van der Waals surface area contributed by atoms with Gasteiger partial charge in [-0.15, -0.1) is 0 Å². The van der Waals surface area contributed by atoms with Crippen LogP contribution in [-0.4, -0.2) is 42.2 Å². The second-order valence-electron chi connectivity index (χ2n) is 5.02. The van der Waals surface area contributed by atoms with Gasteiger partial charge < -0.3 is 10.1 Å². The Morgan fingerprint density at radius 1 is 1.55 bits per heavy atom. The molecule has 1 unspecified atom stereocenters. The van der Waals surface area contributed by atoms with E-state index in [2.05, 4.69) is 10.2 Å². The third-order valence-corrected chi connectivity index (χ3v) is 3.40. The molecule has 0 spiro atoms. The number of morpholine rings is 1. The minimum absolute atomic E-state index is 0.144. The zero-order chi connectivity index (χ0) is 14.5. The smallest absolute Gasteiger partial charge is 0.292 e. The van der Waals surface area contributed by atoms with Crippen LogP contribution in [0.5, 0.6) is 0 Å². The largest absolute Gasteiger partial charge is 0.380 e. The molecular formula is C14H21N3O3. The summed E-state index contributed by atoms with van der Waals surface area (Å²) in [5.74, 6) is 0. The van der Waals surface area contributed by atoms with Gasteiger partial charge in [0, 0.05) is 32.2 Å². The van der Waals surface area contributed by atoms with E-state index in [0.717, 1.165) is 18.7 Å². The number of nitro benzene ring substituents is 1. The van der Waals surface area contributed by atoms with Crippen LogP contribution in [0, 0.1) is 10.1 Å². The highest BCUT2D eigenvalue weighted by molar-refractivity contribution is 5.66. The molecule has 6 nitrogen and oxygen atoms in total. The van der Waals surface area contributed by atoms with E-state index in [1.807, 2.05) is 19.9 Å². The molecule has 2 rings (SSSR count). The summed E-state index contributed by atoms with van der Waals surface area (Å²) in [6.07, 6.45) is 0.213. The molecule has 1 heterocycles. The van der Waals surface area contributed by atoms with E-state index in [1.54, 1.807) is 12.1 Å². The summed E-state index contributed by atoms with van der Waals surface area (Å²) in [6.45, 7) is 7.79. The summed E-state index contributed by atoms with van der Waals surface area (Å²) in [5, 5.41) is 14.3. The molecule has 1 saturated heterocycles. The predicted octanol–water partition coefficient (Wildman–Crippen LogP) is 2.25. The summed E-state index contributed by atoms with van der Waals surface area (Å²) in [7, 11) is 0. The van der Waals surface area contributed by atoms with Crippen molar-refractivity contribution >= 4 is 11.4 Å². The van der Waals surface area contributed by atoms with Crippen LogP contribution in [0.1, 0.15) is 19.4 Å². The van der Waals surface area contributed by atoms with Gasteiger partial charge in [0.2, 0.25) is 0 Å². The van der Waals surface area contributed by atoms with E-state index >= 15 is 0 Å². The highest BCUT2D eigenvalue weighted by Gasteiger charge is 2.21. The Hall–Kier alpha value is -1.66. The number of rotatable bonds is 5. The van der Waals surface area contributed by atoms with Gasteiger partial charge in [-0.25, -0.2) is 0 Å². The lowest BCUT2D eigenvalue weighted by Gasteiger charge is -2.31. The van der Waals surface area contributed by atoms with E-state index < -0.39 is 0 Å². The minimum atomic E-state index is -0.330. The average Bonchev–Trinajstić information content (AvgIpc) is 2.40. The van der Waals surface area contributed by atoms with Crippen molar-refractivity contribution in [2.24, 2.45) is 0 Å². The zero-order valence-electron chi connectivity index (χ0n) is 12.0. The number of hydrogen-bond donors (Lipinski definition) is 1. The first-order valence-electron chi connectivity index (χ1n) is 6.96. The number of benzene rings is 1. The normalized spacial score (nSPS) is 19.8. The van der Waals surface area contributed by atoms with Gasteiger partial charge >= 0.3 is 0 Å². The maximum Gasteiger partial charge on any atom is 0.292 e. The van der Waals surface area contributed by atoms with Crippen molar-refractivity contribution in [1.29, 1.82) is 0 Å². The van der Waals surface area contributed by atoms with Gasteiger partial charge in [-0.05, 0) is 19.4 Å². The number of nitrogens with zero attached hydrogens (tertiary/aromatic N) is 2. The van der Waals surface area contributed by atoms with Crippen LogP contribution in [0.3, 0.4) is 0 Å². The molecule has 110 valence electrons. The molecule has 0 bridgehead atoms. The molecule has 0 amide bonds. The number of nitrogens with one attached hydrogen (secondary N) is 1. The van der Waals surface area contributed by atoms with E-state index in [4.69, 9.17) is 4.74 Å². The van der Waals surface area contributed by atoms with Crippen LogP contribution in [0.2, 0.25) is 0 Å². The number of nitro groups is 1. The molecule has 1 N–H and O–H groups in total. The number of ether oxygens (including phenoxy) is 1. The second kappa shape index (κ2) is 6.67. The average molecular weight is 279 g/mol. The molecule has 6 heteroatoms. The van der Waals surface area contributed by atoms with Crippen molar-refractivity contribution < 1.29 is 9.66 Å². The Bertz CT molecular complexity index is 479. The number of hydrogen-bond acceptors (Lipinski definition) is 5. The van der Waals surface area contributed by atoms with Gasteiger partial charge in [-0.3, -0.25) is 15.0 Å². The van der Waals surface area contributed by atoms with E-state index in [9.17, 15) is 10.1 Å². The Balaban J connectivity index is 2.21. The first-order valence-corrected chi connectivity index (χ1v) is 6.96. The number of para-hydroxylation sites is 1. The van der Waals surface area contributed by atoms with Gasteiger partial charge in [0.05, 0.1) is 17.6 Å². The summed E-state index contributed by atoms with van der Waals surface area (Å²) in [5.41, 5.74) is 1.75. The lowest BCUT2D eigenvalue weighted by atomic mass is 10.1. The Morgan fingerprint density at radius 2 is 2.35 bits per heavy atom. The quantitative estimate of drug-likeness (QED) is 0.661. The highest BCUT2D eigenvalue weighted by Crippen LogP contribution is 2.29. The summed E-state index contributed by atoms with van der Waals surface area (Å²) in [4.78, 5) is 13.1. The van der Waals surface area contributed by atoms with Crippen LogP contribution in [0.25, 0.3) is 0 Å². The molecular weight excluding hydrogens is 258 g/mol. The fraction of sp³-hybridized carbons (Fsp3) is 0.571. The lowest BCUT2D eigenvalue weighted by molar-refractivity contribution is -0.384. The standard InChI is InChI=1S/C14H21N3O3/c1-3-15-14-12(5-4-6-13(14)17(18)19)10-16-7-8-20-11(2)9-16/h4-6,11,15H,3,7-10H2,1-2H3. The van der Waals surface area contributed by atoms with Crippen LogP contribution < -0.4 is 5.32 Å². The van der Waals surface area contributed by atoms with Crippen molar-refractivity contribution in [3.63, 3.8) is 0 Å². The molecule has 1 aliphatic rings. The van der Waals surface area contributed by atoms with Crippen molar-refractivity contribution in [2.45, 2.75) is 26.5 Å². The van der Waals surface area contributed by atoms with Gasteiger partial charge in [0.25, 0.3) is 5.69 Å². The van der Waals surface area contributed by atoms with Crippen molar-refractivity contribution in [3.05, 3.63) is 33.9 Å². The van der Waals surface area contributed by atoms with E-state index in [0.29, 0.717) is 25.4 Å². The van der Waals surface area contributed by atoms with Crippen molar-refractivity contribution in [3.8, 4) is 0 Å². The Morgan fingerprint density at radius 3 is 3.00 bits per heavy atom. The second-order valence-corrected chi connectivity index (χ2v) is 5.02. The van der Waals surface area contributed by atoms with Gasteiger partial charge in [0.1, 0.15) is 5.69 Å². The maximum atomic E-state index is 11.1. The fourth-order valence-electron chi connectivity index (χ4n) is 2.53. The SMILES string of the molecule is CCNc1c(CN2CCOC(C)C2)cccc1[N+](=O)[O-]. The van der Waals surface area contributed by atoms with E-state index in [1.165, 1.54) is 0 Å². The van der Waals surface area contributed by atoms with Crippen LogP contribution in [0.15, 0.2) is 18.2 Å². The number of anilines is 1. The summed E-state index contributed by atoms with van der Waals surface area (Å²) >= 11 is 0. The molecule has 0 saturated carbocycles. The third kappa shape index (κ3) is 3.46. The molecule has 1 aromatic carbocycles. The Labute approximate surface area is 118 Å².